The van der Waals surface area contributed by atoms with Crippen LogP contribution in [0.5, 0.6) is 0 Å². The standard InChI is InChI=1S/C54H33N3S/c1-2-13-34(14-3-1)52-45-22-6-8-25-48(45)55-54(56-52)57-49-33-39-16-5-4-15-38(39)31-46(49)44-24-12-23-42(53(44)57)41-20-11-19-37(30-41)35-17-10-18-36(29-35)40-27-28-51-47(32-40)43-21-7-9-26-50(43)58-51/h1-33H. The summed E-state index contributed by atoms with van der Waals surface area (Å²) in [5, 5.41) is 8.39. The van der Waals surface area contributed by atoms with Crippen molar-refractivity contribution in [2.75, 3.05) is 0 Å². The molecule has 0 radical (unpaired) electrons. The van der Waals surface area contributed by atoms with E-state index in [0.717, 1.165) is 44.3 Å². The van der Waals surface area contributed by atoms with E-state index in [4.69, 9.17) is 9.97 Å². The second kappa shape index (κ2) is 13.1. The quantitative estimate of drug-likeness (QED) is 0.175. The van der Waals surface area contributed by atoms with Gasteiger partial charge in [0.05, 0.1) is 22.2 Å². The van der Waals surface area contributed by atoms with Crippen molar-refractivity contribution in [2.24, 2.45) is 0 Å². The predicted octanol–water partition coefficient (Wildman–Crippen LogP) is 14.9. The maximum atomic E-state index is 5.42. The smallest absolute Gasteiger partial charge is 0.235 e. The molecule has 9 aromatic carbocycles. The first-order valence-electron chi connectivity index (χ1n) is 19.6. The molecule has 12 aromatic rings. The molecule has 0 aliphatic heterocycles. The molecule has 0 saturated carbocycles. The molecule has 3 heterocycles. The van der Waals surface area contributed by atoms with Gasteiger partial charge in [-0.1, -0.05) is 152 Å². The number of para-hydroxylation sites is 2. The normalized spacial score (nSPS) is 11.8. The lowest BCUT2D eigenvalue weighted by molar-refractivity contribution is 1.01. The Hall–Kier alpha value is -7.40. The van der Waals surface area contributed by atoms with Crippen LogP contribution >= 0.6 is 11.3 Å². The molecule has 270 valence electrons. The molecule has 0 fully saturated rings. The molecule has 4 heteroatoms. The molecule has 0 unspecified atom stereocenters. The number of hydrogen-bond donors (Lipinski definition) is 0. The number of benzene rings is 9. The fraction of sp³-hybridized carbons (Fsp3) is 0. The lowest BCUT2D eigenvalue weighted by Crippen LogP contribution is -2.04. The van der Waals surface area contributed by atoms with E-state index < -0.39 is 0 Å². The van der Waals surface area contributed by atoms with Gasteiger partial charge >= 0.3 is 0 Å². The predicted molar refractivity (Wildman–Crippen MR) is 246 cm³/mol. The number of nitrogens with zero attached hydrogens (tertiary/aromatic N) is 3. The van der Waals surface area contributed by atoms with Crippen molar-refractivity contribution in [3.05, 3.63) is 200 Å². The van der Waals surface area contributed by atoms with Gasteiger partial charge in [0, 0.05) is 47.5 Å². The monoisotopic (exact) mass is 755 g/mol. The maximum absolute atomic E-state index is 5.42. The fourth-order valence-corrected chi connectivity index (χ4v) is 9.91. The average Bonchev–Trinajstić information content (AvgIpc) is 3.83. The molecule has 0 N–H and O–H groups in total. The highest BCUT2D eigenvalue weighted by Gasteiger charge is 2.21. The van der Waals surface area contributed by atoms with Crippen LogP contribution in [0, 0.1) is 0 Å². The second-order valence-electron chi connectivity index (χ2n) is 15.0. The lowest BCUT2D eigenvalue weighted by Gasteiger charge is -2.14. The summed E-state index contributed by atoms with van der Waals surface area (Å²) >= 11 is 1.86. The second-order valence-corrected chi connectivity index (χ2v) is 16.1. The number of hydrogen-bond acceptors (Lipinski definition) is 3. The number of fused-ring (bicyclic) bond motifs is 8. The van der Waals surface area contributed by atoms with Gasteiger partial charge in [0.2, 0.25) is 5.95 Å². The zero-order valence-corrected chi connectivity index (χ0v) is 32.1. The van der Waals surface area contributed by atoms with Crippen LogP contribution in [-0.2, 0) is 0 Å². The van der Waals surface area contributed by atoms with Gasteiger partial charge in [0.25, 0.3) is 0 Å². The molecule has 0 amide bonds. The Bertz CT molecular complexity index is 3580. The largest absolute Gasteiger partial charge is 0.277 e. The Morgan fingerprint density at radius 1 is 0.362 bits per heavy atom. The summed E-state index contributed by atoms with van der Waals surface area (Å²) in [4.78, 5) is 10.7. The third kappa shape index (κ3) is 5.27. The summed E-state index contributed by atoms with van der Waals surface area (Å²) in [6.45, 7) is 0. The third-order valence-corrected chi connectivity index (χ3v) is 12.7. The van der Waals surface area contributed by atoms with Crippen molar-refractivity contribution in [1.29, 1.82) is 0 Å². The SMILES string of the molecule is c1ccc(-c2nc(-n3c4cc5ccccc5cc4c4cccc(-c5cccc(-c6cccc(-c7ccc8sc9ccccc9c8c7)c6)c5)c43)nc3ccccc23)cc1. The van der Waals surface area contributed by atoms with Crippen molar-refractivity contribution in [3.8, 4) is 50.6 Å². The average molecular weight is 756 g/mol. The Labute approximate surface area is 338 Å². The fourth-order valence-electron chi connectivity index (χ4n) is 8.82. The van der Waals surface area contributed by atoms with Gasteiger partial charge in [-0.15, -0.1) is 11.3 Å². The molecule has 0 bridgehead atoms. The molecule has 58 heavy (non-hydrogen) atoms. The summed E-state index contributed by atoms with van der Waals surface area (Å²) in [5.74, 6) is 0.652. The van der Waals surface area contributed by atoms with Crippen molar-refractivity contribution in [2.45, 2.75) is 0 Å². The topological polar surface area (TPSA) is 30.7 Å². The van der Waals surface area contributed by atoms with E-state index in [0.29, 0.717) is 5.95 Å². The highest BCUT2D eigenvalue weighted by Crippen LogP contribution is 2.42. The van der Waals surface area contributed by atoms with E-state index in [2.05, 4.69) is 199 Å². The summed E-state index contributed by atoms with van der Waals surface area (Å²) < 4.78 is 4.94. The van der Waals surface area contributed by atoms with Crippen LogP contribution in [0.25, 0.3) is 114 Å². The van der Waals surface area contributed by atoms with Crippen LogP contribution in [0.3, 0.4) is 0 Å². The van der Waals surface area contributed by atoms with Gasteiger partial charge < -0.3 is 0 Å². The van der Waals surface area contributed by atoms with E-state index >= 15 is 0 Å². The van der Waals surface area contributed by atoms with Crippen LogP contribution in [0.15, 0.2) is 200 Å². The number of aromatic nitrogens is 3. The van der Waals surface area contributed by atoms with E-state index in [1.54, 1.807) is 0 Å². The Morgan fingerprint density at radius 3 is 1.79 bits per heavy atom. The molecular formula is C54H33N3S. The van der Waals surface area contributed by atoms with Gasteiger partial charge in [0.15, 0.2) is 0 Å². The zero-order valence-electron chi connectivity index (χ0n) is 31.3. The molecule has 0 aliphatic rings. The van der Waals surface area contributed by atoms with Gasteiger partial charge in [-0.3, -0.25) is 4.57 Å². The van der Waals surface area contributed by atoms with Crippen molar-refractivity contribution < 1.29 is 0 Å². The van der Waals surface area contributed by atoms with Gasteiger partial charge in [-0.2, -0.15) is 0 Å². The van der Waals surface area contributed by atoms with E-state index in [-0.39, 0.29) is 0 Å². The van der Waals surface area contributed by atoms with E-state index in [9.17, 15) is 0 Å². The highest BCUT2D eigenvalue weighted by molar-refractivity contribution is 7.25. The van der Waals surface area contributed by atoms with Crippen molar-refractivity contribution >= 4 is 75.0 Å². The first kappa shape index (κ1) is 32.8. The van der Waals surface area contributed by atoms with Crippen LogP contribution < -0.4 is 0 Å². The van der Waals surface area contributed by atoms with E-state index in [1.165, 1.54) is 64.0 Å². The Balaban J connectivity index is 1.06. The van der Waals surface area contributed by atoms with Crippen molar-refractivity contribution in [3.63, 3.8) is 0 Å². The third-order valence-electron chi connectivity index (χ3n) is 11.6. The molecule has 0 spiro atoms. The Morgan fingerprint density at radius 2 is 0.966 bits per heavy atom. The van der Waals surface area contributed by atoms with Crippen molar-refractivity contribution in [1.82, 2.24) is 14.5 Å². The highest BCUT2D eigenvalue weighted by atomic mass is 32.1. The van der Waals surface area contributed by atoms with Crippen LogP contribution in [0.1, 0.15) is 0 Å². The minimum atomic E-state index is 0.652. The summed E-state index contributed by atoms with van der Waals surface area (Å²) in [6.07, 6.45) is 0. The van der Waals surface area contributed by atoms with Gasteiger partial charge in [-0.25, -0.2) is 9.97 Å². The molecule has 3 nitrogen and oxygen atoms in total. The van der Waals surface area contributed by atoms with Gasteiger partial charge in [0.1, 0.15) is 0 Å². The number of thiophene rings is 1. The minimum Gasteiger partial charge on any atom is -0.277 e. The summed E-state index contributed by atoms with van der Waals surface area (Å²) in [5.41, 5.74) is 12.1. The molecule has 0 saturated heterocycles. The van der Waals surface area contributed by atoms with Gasteiger partial charge in [-0.05, 0) is 87.1 Å². The van der Waals surface area contributed by atoms with Crippen LogP contribution in [-0.4, -0.2) is 14.5 Å². The summed E-state index contributed by atoms with van der Waals surface area (Å²) in [6, 6.07) is 72.2. The first-order chi connectivity index (χ1) is 28.7. The molecule has 0 atom stereocenters. The zero-order chi connectivity index (χ0) is 38.2. The molecule has 12 rings (SSSR count). The first-order valence-corrected chi connectivity index (χ1v) is 20.5. The van der Waals surface area contributed by atoms with E-state index in [1.807, 2.05) is 17.4 Å². The maximum Gasteiger partial charge on any atom is 0.235 e. The molecular weight excluding hydrogens is 723 g/mol. The minimum absolute atomic E-state index is 0.652. The van der Waals surface area contributed by atoms with Crippen LogP contribution in [0.4, 0.5) is 0 Å². The Kier molecular flexibility index (Phi) is 7.40. The number of rotatable bonds is 5. The summed E-state index contributed by atoms with van der Waals surface area (Å²) in [7, 11) is 0. The van der Waals surface area contributed by atoms with Crippen LogP contribution in [0.2, 0.25) is 0 Å². The molecule has 0 aliphatic carbocycles. The lowest BCUT2D eigenvalue weighted by atomic mass is 9.95. The molecule has 3 aromatic heterocycles.